The van der Waals surface area contributed by atoms with Crippen LogP contribution in [0.25, 0.3) is 11.2 Å². The number of hydrogen-bond donors (Lipinski definition) is 1. The minimum absolute atomic E-state index is 0.143. The van der Waals surface area contributed by atoms with Gasteiger partial charge in [0.15, 0.2) is 10.4 Å². The first-order chi connectivity index (χ1) is 9.02. The first kappa shape index (κ1) is 14.2. The number of rotatable bonds is 5. The van der Waals surface area contributed by atoms with E-state index in [9.17, 15) is 4.21 Å². The molecule has 2 aromatic heterocycles. The number of ether oxygens (including phenoxy) is 1. The molecule has 2 unspecified atom stereocenters. The Kier molecular flexibility index (Phi) is 4.36. The van der Waals surface area contributed by atoms with Crippen molar-refractivity contribution in [1.82, 2.24) is 14.5 Å². The van der Waals surface area contributed by atoms with Crippen molar-refractivity contribution in [1.29, 1.82) is 0 Å². The van der Waals surface area contributed by atoms with Gasteiger partial charge in [-0.3, -0.25) is 8.78 Å². The smallest absolute Gasteiger partial charge is 0.215 e. The van der Waals surface area contributed by atoms with Gasteiger partial charge in [-0.25, -0.2) is 0 Å². The van der Waals surface area contributed by atoms with E-state index in [0.717, 1.165) is 17.6 Å². The van der Waals surface area contributed by atoms with Crippen molar-refractivity contribution >= 4 is 34.2 Å². The van der Waals surface area contributed by atoms with Crippen molar-refractivity contribution in [2.24, 2.45) is 0 Å². The summed E-state index contributed by atoms with van der Waals surface area (Å²) in [7, 11) is 0.790. The molecule has 104 valence electrons. The molecule has 0 radical (unpaired) electrons. The van der Waals surface area contributed by atoms with Gasteiger partial charge in [-0.15, -0.1) is 0 Å². The van der Waals surface area contributed by atoms with Crippen LogP contribution in [0, 0.1) is 4.77 Å². The van der Waals surface area contributed by atoms with Crippen LogP contribution < -0.4 is 4.74 Å². The Labute approximate surface area is 119 Å². The Balaban J connectivity index is 2.43. The Bertz CT molecular complexity index is 663. The van der Waals surface area contributed by atoms with Crippen molar-refractivity contribution in [3.63, 3.8) is 0 Å². The third-order valence-electron chi connectivity index (χ3n) is 3.01. The van der Waals surface area contributed by atoms with E-state index in [-0.39, 0.29) is 6.04 Å². The molecule has 0 fully saturated rings. The maximum Gasteiger partial charge on any atom is 0.215 e. The van der Waals surface area contributed by atoms with Gasteiger partial charge >= 0.3 is 0 Å². The molecule has 0 aromatic carbocycles. The predicted molar refractivity (Wildman–Crippen MR) is 79.7 cm³/mol. The number of aromatic amines is 1. The molecule has 7 heteroatoms. The quantitative estimate of drug-likeness (QED) is 0.861. The van der Waals surface area contributed by atoms with Crippen molar-refractivity contribution in [2.45, 2.75) is 19.4 Å². The van der Waals surface area contributed by atoms with Crippen LogP contribution >= 0.6 is 12.2 Å². The van der Waals surface area contributed by atoms with Gasteiger partial charge in [-0.2, -0.15) is 4.98 Å². The minimum Gasteiger partial charge on any atom is -0.481 e. The molecule has 0 aliphatic heterocycles. The SMILES string of the molecule is COc1ccc2[nH]c(=S)n(C(C)CCS(C)=O)c2n1. The first-order valence-electron chi connectivity index (χ1n) is 5.98. The number of methoxy groups -OCH3 is 1. The van der Waals surface area contributed by atoms with Gasteiger partial charge in [-0.05, 0) is 31.6 Å². The van der Waals surface area contributed by atoms with E-state index >= 15 is 0 Å². The zero-order valence-electron chi connectivity index (χ0n) is 11.2. The third-order valence-corrected chi connectivity index (χ3v) is 4.12. The summed E-state index contributed by atoms with van der Waals surface area (Å²) in [5, 5.41) is 0. The lowest BCUT2D eigenvalue weighted by Gasteiger charge is -2.13. The number of H-pyrrole nitrogens is 1. The number of nitrogens with one attached hydrogen (secondary N) is 1. The Morgan fingerprint density at radius 1 is 1.58 bits per heavy atom. The van der Waals surface area contributed by atoms with Crippen LogP contribution in [0.15, 0.2) is 12.1 Å². The van der Waals surface area contributed by atoms with E-state index in [0.29, 0.717) is 16.4 Å². The van der Waals surface area contributed by atoms with E-state index in [1.165, 1.54) is 0 Å². The average Bonchev–Trinajstić information content (AvgIpc) is 2.70. The van der Waals surface area contributed by atoms with Crippen molar-refractivity contribution in [3.8, 4) is 5.88 Å². The maximum atomic E-state index is 11.2. The summed E-state index contributed by atoms with van der Waals surface area (Å²) in [5.41, 5.74) is 1.66. The fourth-order valence-corrected chi connectivity index (χ4v) is 3.02. The minimum atomic E-state index is -0.797. The van der Waals surface area contributed by atoms with E-state index in [1.54, 1.807) is 19.4 Å². The Morgan fingerprint density at radius 3 is 2.95 bits per heavy atom. The third kappa shape index (κ3) is 3.03. The molecule has 0 aliphatic rings. The van der Waals surface area contributed by atoms with Crippen LogP contribution in [0.2, 0.25) is 0 Å². The molecule has 5 nitrogen and oxygen atoms in total. The molecule has 2 heterocycles. The molecule has 0 saturated carbocycles. The highest BCUT2D eigenvalue weighted by atomic mass is 32.2. The summed E-state index contributed by atoms with van der Waals surface area (Å²) in [6, 6.07) is 3.84. The summed E-state index contributed by atoms with van der Waals surface area (Å²) in [5.74, 6) is 1.21. The van der Waals surface area contributed by atoms with E-state index < -0.39 is 10.8 Å². The van der Waals surface area contributed by atoms with Crippen molar-refractivity contribution in [2.75, 3.05) is 19.1 Å². The number of hydrogen-bond acceptors (Lipinski definition) is 4. The van der Waals surface area contributed by atoms with Gasteiger partial charge in [0.05, 0.1) is 12.6 Å². The van der Waals surface area contributed by atoms with E-state index in [1.807, 2.05) is 10.6 Å². The lowest BCUT2D eigenvalue weighted by Crippen LogP contribution is -2.09. The topological polar surface area (TPSA) is 59.9 Å². The van der Waals surface area contributed by atoms with Crippen molar-refractivity contribution < 1.29 is 8.95 Å². The van der Waals surface area contributed by atoms with Gasteiger partial charge in [0.25, 0.3) is 0 Å². The first-order valence-corrected chi connectivity index (χ1v) is 8.11. The summed E-state index contributed by atoms with van der Waals surface area (Å²) < 4.78 is 18.9. The second kappa shape index (κ2) is 5.83. The second-order valence-electron chi connectivity index (χ2n) is 4.44. The molecule has 2 rings (SSSR count). The molecule has 1 N–H and O–H groups in total. The summed E-state index contributed by atoms with van der Waals surface area (Å²) in [4.78, 5) is 7.56. The lowest BCUT2D eigenvalue weighted by atomic mass is 10.2. The van der Waals surface area contributed by atoms with Gasteiger partial charge in [0.1, 0.15) is 0 Å². The van der Waals surface area contributed by atoms with Gasteiger partial charge in [0.2, 0.25) is 5.88 Å². The molecule has 0 bridgehead atoms. The average molecular weight is 299 g/mol. The summed E-state index contributed by atoms with van der Waals surface area (Å²) in [6.07, 6.45) is 2.51. The highest BCUT2D eigenvalue weighted by Gasteiger charge is 2.13. The number of pyridine rings is 1. The fraction of sp³-hybridized carbons (Fsp3) is 0.500. The van der Waals surface area contributed by atoms with Crippen LogP contribution in [0.1, 0.15) is 19.4 Å². The molecule has 2 aromatic rings. The molecular formula is C12H17N3O2S2. The molecule has 2 atom stereocenters. The van der Waals surface area contributed by atoms with E-state index in [4.69, 9.17) is 17.0 Å². The monoisotopic (exact) mass is 299 g/mol. The molecule has 0 saturated heterocycles. The Hall–Kier alpha value is -1.21. The molecule has 0 aliphatic carbocycles. The molecule has 19 heavy (non-hydrogen) atoms. The number of imidazole rings is 1. The van der Waals surface area contributed by atoms with Crippen LogP contribution in [0.5, 0.6) is 5.88 Å². The molecular weight excluding hydrogens is 282 g/mol. The predicted octanol–water partition coefficient (Wildman–Crippen LogP) is 2.43. The zero-order chi connectivity index (χ0) is 14.0. The van der Waals surface area contributed by atoms with Crippen molar-refractivity contribution in [3.05, 3.63) is 16.9 Å². The van der Waals surface area contributed by atoms with Crippen LogP contribution in [-0.2, 0) is 10.8 Å². The summed E-state index contributed by atoms with van der Waals surface area (Å²) in [6.45, 7) is 2.05. The largest absolute Gasteiger partial charge is 0.481 e. The number of fused-ring (bicyclic) bond motifs is 1. The van der Waals surface area contributed by atoms with Crippen LogP contribution in [-0.4, -0.2) is 37.9 Å². The van der Waals surface area contributed by atoms with Crippen LogP contribution in [0.4, 0.5) is 0 Å². The molecule has 0 amide bonds. The number of nitrogens with zero attached hydrogens (tertiary/aromatic N) is 2. The zero-order valence-corrected chi connectivity index (χ0v) is 12.8. The van der Waals surface area contributed by atoms with Gasteiger partial charge in [-0.1, -0.05) is 0 Å². The highest BCUT2D eigenvalue weighted by molar-refractivity contribution is 7.84. The lowest BCUT2D eigenvalue weighted by molar-refractivity contribution is 0.398. The molecule has 0 spiro atoms. The van der Waals surface area contributed by atoms with E-state index in [2.05, 4.69) is 16.9 Å². The standard InChI is InChI=1S/C12H17N3O2S2/c1-8(6-7-19(3)16)15-11-9(13-12(15)18)4-5-10(14-11)17-2/h4-5,8H,6-7H2,1-3H3,(H,13,18). The normalized spacial score (nSPS) is 14.5. The Morgan fingerprint density at radius 2 is 2.32 bits per heavy atom. The van der Waals surface area contributed by atoms with Gasteiger partial charge < -0.3 is 9.72 Å². The van der Waals surface area contributed by atoms with Gasteiger partial charge in [0, 0.05) is 34.9 Å². The van der Waals surface area contributed by atoms with Crippen LogP contribution in [0.3, 0.4) is 0 Å². The number of aromatic nitrogens is 3. The second-order valence-corrected chi connectivity index (χ2v) is 6.38. The maximum absolute atomic E-state index is 11.2. The summed E-state index contributed by atoms with van der Waals surface area (Å²) >= 11 is 5.34. The highest BCUT2D eigenvalue weighted by Crippen LogP contribution is 2.22. The fourth-order valence-electron chi connectivity index (χ4n) is 1.97.